The van der Waals surface area contributed by atoms with Crippen LogP contribution in [0.3, 0.4) is 0 Å². The SMILES string of the molecule is COc1ccc2nc(N)n(C(C)CN3CCCC3)c2n1. The molecule has 0 radical (unpaired) electrons. The zero-order valence-electron chi connectivity index (χ0n) is 12.0. The monoisotopic (exact) mass is 275 g/mol. The molecule has 1 fully saturated rings. The first-order chi connectivity index (χ1) is 9.69. The summed E-state index contributed by atoms with van der Waals surface area (Å²) in [5.74, 6) is 1.11. The number of hydrogen-bond donors (Lipinski definition) is 1. The molecular weight excluding hydrogens is 254 g/mol. The number of hydrogen-bond acceptors (Lipinski definition) is 5. The predicted octanol–water partition coefficient (Wildman–Crippen LogP) is 1.68. The van der Waals surface area contributed by atoms with Crippen LogP contribution in [0.1, 0.15) is 25.8 Å². The third kappa shape index (κ3) is 2.31. The fourth-order valence-electron chi connectivity index (χ4n) is 2.94. The number of imidazole rings is 1. The van der Waals surface area contributed by atoms with Crippen LogP contribution in [0.5, 0.6) is 5.88 Å². The molecule has 1 unspecified atom stereocenters. The van der Waals surface area contributed by atoms with Gasteiger partial charge in [0.1, 0.15) is 5.52 Å². The fourth-order valence-corrected chi connectivity index (χ4v) is 2.94. The summed E-state index contributed by atoms with van der Waals surface area (Å²) in [5.41, 5.74) is 7.69. The minimum atomic E-state index is 0.248. The van der Waals surface area contributed by atoms with Crippen LogP contribution in [0.2, 0.25) is 0 Å². The van der Waals surface area contributed by atoms with Gasteiger partial charge in [0.05, 0.1) is 7.11 Å². The molecule has 20 heavy (non-hydrogen) atoms. The lowest BCUT2D eigenvalue weighted by atomic mass is 10.3. The van der Waals surface area contributed by atoms with Crippen molar-refractivity contribution in [3.8, 4) is 5.88 Å². The minimum absolute atomic E-state index is 0.248. The van der Waals surface area contributed by atoms with Gasteiger partial charge in [-0.25, -0.2) is 4.98 Å². The highest BCUT2D eigenvalue weighted by atomic mass is 16.5. The van der Waals surface area contributed by atoms with Gasteiger partial charge in [-0.05, 0) is 38.9 Å². The number of fused-ring (bicyclic) bond motifs is 1. The summed E-state index contributed by atoms with van der Waals surface area (Å²) >= 11 is 0. The van der Waals surface area contributed by atoms with E-state index in [1.54, 1.807) is 7.11 Å². The maximum absolute atomic E-state index is 6.07. The van der Waals surface area contributed by atoms with Crippen molar-refractivity contribution in [2.45, 2.75) is 25.8 Å². The molecule has 1 aliphatic rings. The number of nitrogen functional groups attached to an aromatic ring is 1. The van der Waals surface area contributed by atoms with E-state index in [1.807, 2.05) is 16.7 Å². The van der Waals surface area contributed by atoms with Crippen molar-refractivity contribution in [2.75, 3.05) is 32.5 Å². The topological polar surface area (TPSA) is 69.2 Å². The van der Waals surface area contributed by atoms with Crippen molar-refractivity contribution in [3.05, 3.63) is 12.1 Å². The molecule has 6 nitrogen and oxygen atoms in total. The van der Waals surface area contributed by atoms with E-state index in [0.29, 0.717) is 11.8 Å². The number of anilines is 1. The highest BCUT2D eigenvalue weighted by molar-refractivity contribution is 5.75. The van der Waals surface area contributed by atoms with E-state index >= 15 is 0 Å². The molecule has 1 aliphatic heterocycles. The summed E-state index contributed by atoms with van der Waals surface area (Å²) < 4.78 is 7.21. The number of methoxy groups -OCH3 is 1. The summed E-state index contributed by atoms with van der Waals surface area (Å²) in [5, 5.41) is 0. The molecule has 2 aromatic heterocycles. The van der Waals surface area contributed by atoms with Crippen LogP contribution in [0, 0.1) is 0 Å². The van der Waals surface area contributed by atoms with Crippen LogP contribution in [-0.2, 0) is 0 Å². The van der Waals surface area contributed by atoms with Gasteiger partial charge in [-0.2, -0.15) is 4.98 Å². The first-order valence-electron chi connectivity index (χ1n) is 7.10. The summed E-state index contributed by atoms with van der Waals surface area (Å²) in [6.45, 7) is 5.49. The average molecular weight is 275 g/mol. The van der Waals surface area contributed by atoms with Crippen molar-refractivity contribution in [3.63, 3.8) is 0 Å². The smallest absolute Gasteiger partial charge is 0.215 e. The Bertz CT molecular complexity index is 603. The number of nitrogens with two attached hydrogens (primary N) is 1. The van der Waals surface area contributed by atoms with E-state index in [4.69, 9.17) is 10.5 Å². The number of likely N-dealkylation sites (tertiary alicyclic amines) is 1. The summed E-state index contributed by atoms with van der Waals surface area (Å²) in [6, 6.07) is 3.96. The van der Waals surface area contributed by atoms with E-state index in [9.17, 15) is 0 Å². The number of rotatable bonds is 4. The second-order valence-corrected chi connectivity index (χ2v) is 5.39. The zero-order chi connectivity index (χ0) is 14.1. The van der Waals surface area contributed by atoms with Gasteiger partial charge in [-0.1, -0.05) is 0 Å². The molecule has 2 N–H and O–H groups in total. The van der Waals surface area contributed by atoms with Crippen LogP contribution in [0.15, 0.2) is 12.1 Å². The first kappa shape index (κ1) is 13.2. The van der Waals surface area contributed by atoms with Crippen molar-refractivity contribution in [1.29, 1.82) is 0 Å². The Morgan fingerprint density at radius 3 is 2.75 bits per heavy atom. The fraction of sp³-hybridized carbons (Fsp3) is 0.571. The van der Waals surface area contributed by atoms with Crippen molar-refractivity contribution in [2.24, 2.45) is 0 Å². The molecule has 108 valence electrons. The van der Waals surface area contributed by atoms with E-state index in [0.717, 1.165) is 17.7 Å². The van der Waals surface area contributed by atoms with Crippen molar-refractivity contribution < 1.29 is 4.74 Å². The first-order valence-corrected chi connectivity index (χ1v) is 7.10. The Morgan fingerprint density at radius 1 is 1.30 bits per heavy atom. The Kier molecular flexibility index (Phi) is 3.48. The highest BCUT2D eigenvalue weighted by Gasteiger charge is 2.20. The van der Waals surface area contributed by atoms with Crippen molar-refractivity contribution >= 4 is 17.1 Å². The molecule has 0 aromatic carbocycles. The van der Waals surface area contributed by atoms with Crippen LogP contribution >= 0.6 is 0 Å². The Hall–Kier alpha value is -1.82. The number of ether oxygens (including phenoxy) is 1. The Morgan fingerprint density at radius 2 is 2.05 bits per heavy atom. The van der Waals surface area contributed by atoms with Crippen LogP contribution in [-0.4, -0.2) is 46.2 Å². The van der Waals surface area contributed by atoms with Crippen LogP contribution in [0.4, 0.5) is 5.95 Å². The largest absolute Gasteiger partial charge is 0.481 e. The molecule has 2 aromatic rings. The van der Waals surface area contributed by atoms with Crippen molar-refractivity contribution in [1.82, 2.24) is 19.4 Å². The maximum Gasteiger partial charge on any atom is 0.215 e. The molecule has 0 bridgehead atoms. The van der Waals surface area contributed by atoms with Crippen LogP contribution < -0.4 is 10.5 Å². The molecule has 1 atom stereocenters. The highest BCUT2D eigenvalue weighted by Crippen LogP contribution is 2.24. The van der Waals surface area contributed by atoms with Gasteiger partial charge in [0.2, 0.25) is 11.8 Å². The lowest BCUT2D eigenvalue weighted by Gasteiger charge is -2.22. The summed E-state index contributed by atoms with van der Waals surface area (Å²) in [7, 11) is 1.62. The van der Waals surface area contributed by atoms with Gasteiger partial charge in [0.25, 0.3) is 0 Å². The quantitative estimate of drug-likeness (QED) is 0.919. The maximum atomic E-state index is 6.07. The lowest BCUT2D eigenvalue weighted by Crippen LogP contribution is -2.27. The Labute approximate surface area is 118 Å². The predicted molar refractivity (Wildman–Crippen MR) is 78.9 cm³/mol. The number of pyridine rings is 1. The molecule has 3 heterocycles. The normalized spacial score (nSPS) is 17.7. The number of aromatic nitrogens is 3. The van der Waals surface area contributed by atoms with Gasteiger partial charge in [0, 0.05) is 18.7 Å². The molecule has 0 aliphatic carbocycles. The second-order valence-electron chi connectivity index (χ2n) is 5.39. The lowest BCUT2D eigenvalue weighted by molar-refractivity contribution is 0.291. The minimum Gasteiger partial charge on any atom is -0.481 e. The molecule has 0 spiro atoms. The zero-order valence-corrected chi connectivity index (χ0v) is 12.0. The molecule has 1 saturated heterocycles. The summed E-state index contributed by atoms with van der Waals surface area (Å²) in [6.07, 6.45) is 2.58. The number of nitrogens with zero attached hydrogens (tertiary/aromatic N) is 4. The molecule has 6 heteroatoms. The van der Waals surface area contributed by atoms with E-state index in [1.165, 1.54) is 25.9 Å². The third-order valence-electron chi connectivity index (χ3n) is 3.91. The Balaban J connectivity index is 1.93. The third-order valence-corrected chi connectivity index (χ3v) is 3.91. The molecular formula is C14H21N5O. The van der Waals surface area contributed by atoms with Gasteiger partial charge < -0.3 is 15.4 Å². The average Bonchev–Trinajstić information content (AvgIpc) is 3.04. The second kappa shape index (κ2) is 5.28. The summed E-state index contributed by atoms with van der Waals surface area (Å²) in [4.78, 5) is 11.3. The van der Waals surface area contributed by atoms with E-state index in [2.05, 4.69) is 21.8 Å². The molecule has 0 amide bonds. The van der Waals surface area contributed by atoms with E-state index in [-0.39, 0.29) is 6.04 Å². The standard InChI is InChI=1S/C14H21N5O/c1-10(9-18-7-3-4-8-18)19-13-11(16-14(19)15)5-6-12(17-13)20-2/h5-6,10H,3-4,7-9H2,1-2H3,(H2,15,16). The van der Waals surface area contributed by atoms with Gasteiger partial charge in [-0.3, -0.25) is 4.57 Å². The van der Waals surface area contributed by atoms with Gasteiger partial charge in [-0.15, -0.1) is 0 Å². The molecule has 3 rings (SSSR count). The molecule has 0 saturated carbocycles. The van der Waals surface area contributed by atoms with Crippen LogP contribution in [0.25, 0.3) is 11.2 Å². The van der Waals surface area contributed by atoms with Gasteiger partial charge >= 0.3 is 0 Å². The van der Waals surface area contributed by atoms with E-state index < -0.39 is 0 Å². The van der Waals surface area contributed by atoms with Gasteiger partial charge in [0.15, 0.2) is 5.65 Å².